The Hall–Kier alpha value is -1.55. The van der Waals surface area contributed by atoms with E-state index >= 15 is 0 Å². The van der Waals surface area contributed by atoms with E-state index in [1.54, 1.807) is 19.1 Å². The molecule has 0 heterocycles. The van der Waals surface area contributed by atoms with E-state index in [1.165, 1.54) is 0 Å². The largest absolute Gasteiger partial charge is 0.497 e. The molecule has 1 aliphatic rings. The van der Waals surface area contributed by atoms with Crippen LogP contribution in [0.3, 0.4) is 0 Å². The molecule has 1 saturated carbocycles. The van der Waals surface area contributed by atoms with Gasteiger partial charge in [0.25, 0.3) is 0 Å². The van der Waals surface area contributed by atoms with E-state index in [2.05, 4.69) is 0 Å². The van der Waals surface area contributed by atoms with E-state index in [1.807, 2.05) is 24.3 Å². The number of carbonyl (C=O) groups is 1. The molecule has 1 amide bonds. The van der Waals surface area contributed by atoms with Crippen LogP contribution < -0.4 is 4.74 Å². The number of aliphatic hydroxyl groups excluding tert-OH is 1. The van der Waals surface area contributed by atoms with Crippen LogP contribution in [-0.2, 0) is 11.2 Å². The van der Waals surface area contributed by atoms with Crippen LogP contribution in [0.4, 0.5) is 0 Å². The van der Waals surface area contributed by atoms with Crippen molar-refractivity contribution in [3.63, 3.8) is 0 Å². The summed E-state index contributed by atoms with van der Waals surface area (Å²) in [6.07, 6.45) is 3.02. The fourth-order valence-corrected chi connectivity index (χ4v) is 2.25. The SMILES string of the molecule is COc1ccc(CCC(=O)N(C)CC(O)C2CC2)cc1. The molecule has 1 atom stereocenters. The summed E-state index contributed by atoms with van der Waals surface area (Å²) in [6.45, 7) is 0.451. The molecule has 20 heavy (non-hydrogen) atoms. The van der Waals surface area contributed by atoms with Gasteiger partial charge in [-0.1, -0.05) is 12.1 Å². The Morgan fingerprint density at radius 1 is 1.40 bits per heavy atom. The van der Waals surface area contributed by atoms with E-state index in [0.717, 1.165) is 24.2 Å². The van der Waals surface area contributed by atoms with E-state index in [0.29, 0.717) is 25.3 Å². The molecule has 4 nitrogen and oxygen atoms in total. The van der Waals surface area contributed by atoms with Crippen LogP contribution in [0.2, 0.25) is 0 Å². The Bertz CT molecular complexity index is 440. The Morgan fingerprint density at radius 3 is 2.60 bits per heavy atom. The Kier molecular flexibility index (Phi) is 5.01. The van der Waals surface area contributed by atoms with Crippen molar-refractivity contribution < 1.29 is 14.6 Å². The molecule has 1 N–H and O–H groups in total. The number of ether oxygens (including phenoxy) is 1. The highest BCUT2D eigenvalue weighted by Crippen LogP contribution is 2.32. The van der Waals surface area contributed by atoms with Gasteiger partial charge in [0.05, 0.1) is 13.2 Å². The van der Waals surface area contributed by atoms with Crippen molar-refractivity contribution in [2.75, 3.05) is 20.7 Å². The predicted octanol–water partition coefficient (Wildman–Crippen LogP) is 1.86. The number of aliphatic hydroxyl groups is 1. The fourth-order valence-electron chi connectivity index (χ4n) is 2.25. The molecule has 2 rings (SSSR count). The van der Waals surface area contributed by atoms with Gasteiger partial charge in [0.15, 0.2) is 0 Å². The van der Waals surface area contributed by atoms with E-state index < -0.39 is 0 Å². The molecule has 1 unspecified atom stereocenters. The van der Waals surface area contributed by atoms with Crippen LogP contribution in [0.1, 0.15) is 24.8 Å². The van der Waals surface area contributed by atoms with Crippen LogP contribution >= 0.6 is 0 Å². The van der Waals surface area contributed by atoms with Crippen molar-refractivity contribution in [1.82, 2.24) is 4.90 Å². The lowest BCUT2D eigenvalue weighted by Gasteiger charge is -2.20. The molecule has 110 valence electrons. The van der Waals surface area contributed by atoms with Gasteiger partial charge in [-0.2, -0.15) is 0 Å². The molecular formula is C16H23NO3. The maximum Gasteiger partial charge on any atom is 0.222 e. The number of amides is 1. The van der Waals surface area contributed by atoms with Crippen LogP contribution in [0.25, 0.3) is 0 Å². The van der Waals surface area contributed by atoms with Gasteiger partial charge in [0, 0.05) is 20.0 Å². The molecule has 0 aromatic heterocycles. The highest BCUT2D eigenvalue weighted by Gasteiger charge is 2.30. The van der Waals surface area contributed by atoms with Gasteiger partial charge in [0.2, 0.25) is 5.91 Å². The Balaban J connectivity index is 1.75. The normalized spacial score (nSPS) is 15.8. The number of benzene rings is 1. The van der Waals surface area contributed by atoms with Crippen molar-refractivity contribution in [3.05, 3.63) is 29.8 Å². The van der Waals surface area contributed by atoms with Crippen molar-refractivity contribution >= 4 is 5.91 Å². The molecule has 4 heteroatoms. The van der Waals surface area contributed by atoms with Crippen LogP contribution in [0, 0.1) is 5.92 Å². The van der Waals surface area contributed by atoms with Gasteiger partial charge in [0.1, 0.15) is 5.75 Å². The van der Waals surface area contributed by atoms with Crippen molar-refractivity contribution in [2.24, 2.45) is 5.92 Å². The van der Waals surface area contributed by atoms with E-state index in [-0.39, 0.29) is 12.0 Å². The van der Waals surface area contributed by atoms with Gasteiger partial charge < -0.3 is 14.7 Å². The van der Waals surface area contributed by atoms with Crippen molar-refractivity contribution in [2.45, 2.75) is 31.8 Å². The van der Waals surface area contributed by atoms with Crippen molar-refractivity contribution in [1.29, 1.82) is 0 Å². The maximum absolute atomic E-state index is 12.0. The van der Waals surface area contributed by atoms with Crippen LogP contribution in [0.15, 0.2) is 24.3 Å². The molecule has 1 aliphatic carbocycles. The predicted molar refractivity (Wildman–Crippen MR) is 77.7 cm³/mol. The fraction of sp³-hybridized carbons (Fsp3) is 0.562. The number of rotatable bonds is 7. The number of likely N-dealkylation sites (N-methyl/N-ethyl adjacent to an activating group) is 1. The first-order chi connectivity index (χ1) is 9.60. The van der Waals surface area contributed by atoms with E-state index in [4.69, 9.17) is 4.74 Å². The minimum atomic E-state index is -0.357. The monoisotopic (exact) mass is 277 g/mol. The summed E-state index contributed by atoms with van der Waals surface area (Å²) >= 11 is 0. The topological polar surface area (TPSA) is 49.8 Å². The molecule has 0 radical (unpaired) electrons. The van der Waals surface area contributed by atoms with Gasteiger partial charge in [-0.3, -0.25) is 4.79 Å². The summed E-state index contributed by atoms with van der Waals surface area (Å²) in [5.74, 6) is 1.32. The maximum atomic E-state index is 12.0. The number of aryl methyl sites for hydroxylation is 1. The minimum Gasteiger partial charge on any atom is -0.497 e. The molecule has 1 fully saturated rings. The zero-order valence-electron chi connectivity index (χ0n) is 12.2. The molecule has 0 saturated heterocycles. The first kappa shape index (κ1) is 14.9. The summed E-state index contributed by atoms with van der Waals surface area (Å²) in [5, 5.41) is 9.84. The second-order valence-electron chi connectivity index (χ2n) is 5.53. The van der Waals surface area contributed by atoms with Gasteiger partial charge in [-0.25, -0.2) is 0 Å². The third kappa shape index (κ3) is 4.23. The molecule has 0 aliphatic heterocycles. The molecular weight excluding hydrogens is 254 g/mol. The molecule has 0 spiro atoms. The average Bonchev–Trinajstić information content (AvgIpc) is 3.29. The quantitative estimate of drug-likeness (QED) is 0.827. The van der Waals surface area contributed by atoms with Crippen LogP contribution in [-0.4, -0.2) is 42.7 Å². The number of nitrogens with zero attached hydrogens (tertiary/aromatic N) is 1. The number of methoxy groups -OCH3 is 1. The number of hydrogen-bond acceptors (Lipinski definition) is 3. The second-order valence-corrected chi connectivity index (χ2v) is 5.53. The average molecular weight is 277 g/mol. The third-order valence-electron chi connectivity index (χ3n) is 3.84. The zero-order valence-corrected chi connectivity index (χ0v) is 12.2. The van der Waals surface area contributed by atoms with Crippen molar-refractivity contribution in [3.8, 4) is 5.75 Å². The van der Waals surface area contributed by atoms with Gasteiger partial charge in [-0.15, -0.1) is 0 Å². The minimum absolute atomic E-state index is 0.0838. The summed E-state index contributed by atoms with van der Waals surface area (Å²) < 4.78 is 5.10. The molecule has 0 bridgehead atoms. The highest BCUT2D eigenvalue weighted by atomic mass is 16.5. The summed E-state index contributed by atoms with van der Waals surface area (Å²) in [4.78, 5) is 13.7. The molecule has 1 aromatic rings. The Morgan fingerprint density at radius 2 is 2.05 bits per heavy atom. The van der Waals surface area contributed by atoms with Gasteiger partial charge in [-0.05, 0) is 42.9 Å². The van der Waals surface area contributed by atoms with Crippen LogP contribution in [0.5, 0.6) is 5.75 Å². The first-order valence-electron chi connectivity index (χ1n) is 7.15. The number of carbonyl (C=O) groups excluding carboxylic acids is 1. The second kappa shape index (κ2) is 6.75. The van der Waals surface area contributed by atoms with Gasteiger partial charge >= 0.3 is 0 Å². The first-order valence-corrected chi connectivity index (χ1v) is 7.15. The number of hydrogen-bond donors (Lipinski definition) is 1. The smallest absolute Gasteiger partial charge is 0.222 e. The van der Waals surface area contributed by atoms with E-state index in [9.17, 15) is 9.90 Å². The summed E-state index contributed by atoms with van der Waals surface area (Å²) in [6, 6.07) is 7.76. The third-order valence-corrected chi connectivity index (χ3v) is 3.84. The lowest BCUT2D eigenvalue weighted by Crippen LogP contribution is -2.35. The Labute approximate surface area is 120 Å². The summed E-state index contributed by atoms with van der Waals surface area (Å²) in [7, 11) is 3.40. The molecule has 1 aromatic carbocycles. The lowest BCUT2D eigenvalue weighted by molar-refractivity contribution is -0.131. The zero-order chi connectivity index (χ0) is 14.5. The summed E-state index contributed by atoms with van der Waals surface area (Å²) in [5.41, 5.74) is 1.12. The highest BCUT2D eigenvalue weighted by molar-refractivity contribution is 5.76. The standard InChI is InChI=1S/C16H23NO3/c1-17(11-15(18)13-6-7-13)16(19)10-5-12-3-8-14(20-2)9-4-12/h3-4,8-9,13,15,18H,5-7,10-11H2,1-2H3. The lowest BCUT2D eigenvalue weighted by atomic mass is 10.1.